The standard InChI is InChI=1S/C18H18N2O3S/c1-12-4-7-17(8-13(12)2)24(21,22)20-15-9-14-5-6-16(23-3)10-18(14)19-11-15/h4-11,20H,1-3H3. The molecule has 6 heteroatoms. The lowest BCUT2D eigenvalue weighted by atomic mass is 10.1. The molecule has 0 amide bonds. The first kappa shape index (κ1) is 16.3. The van der Waals surface area contributed by atoms with Crippen LogP contribution in [0, 0.1) is 13.8 Å². The number of hydrogen-bond acceptors (Lipinski definition) is 4. The maximum Gasteiger partial charge on any atom is 0.261 e. The van der Waals surface area contributed by atoms with Crippen molar-refractivity contribution >= 4 is 26.6 Å². The van der Waals surface area contributed by atoms with Gasteiger partial charge in [-0.2, -0.15) is 0 Å². The van der Waals surface area contributed by atoms with Gasteiger partial charge in [-0.1, -0.05) is 6.07 Å². The summed E-state index contributed by atoms with van der Waals surface area (Å²) in [5, 5.41) is 0.830. The normalized spacial score (nSPS) is 11.5. The fourth-order valence-electron chi connectivity index (χ4n) is 2.38. The number of aromatic nitrogens is 1. The molecule has 0 fully saturated rings. The first-order valence-corrected chi connectivity index (χ1v) is 8.91. The molecule has 5 nitrogen and oxygen atoms in total. The zero-order valence-electron chi connectivity index (χ0n) is 13.7. The summed E-state index contributed by atoms with van der Waals surface area (Å²) in [6.45, 7) is 3.83. The highest BCUT2D eigenvalue weighted by atomic mass is 32.2. The lowest BCUT2D eigenvalue weighted by Crippen LogP contribution is -2.13. The highest BCUT2D eigenvalue weighted by molar-refractivity contribution is 7.92. The van der Waals surface area contributed by atoms with E-state index in [0.29, 0.717) is 11.4 Å². The Morgan fingerprint density at radius 1 is 1.00 bits per heavy atom. The molecule has 1 N–H and O–H groups in total. The van der Waals surface area contributed by atoms with Crippen LogP contribution in [0.1, 0.15) is 11.1 Å². The monoisotopic (exact) mass is 342 g/mol. The highest BCUT2D eigenvalue weighted by Gasteiger charge is 2.15. The Morgan fingerprint density at radius 2 is 1.79 bits per heavy atom. The number of ether oxygens (including phenoxy) is 1. The van der Waals surface area contributed by atoms with Crippen molar-refractivity contribution in [3.63, 3.8) is 0 Å². The summed E-state index contributed by atoms with van der Waals surface area (Å²) in [4.78, 5) is 4.53. The van der Waals surface area contributed by atoms with Crippen molar-refractivity contribution in [1.82, 2.24) is 4.98 Å². The van der Waals surface area contributed by atoms with E-state index >= 15 is 0 Å². The van der Waals surface area contributed by atoms with Crippen molar-refractivity contribution in [2.75, 3.05) is 11.8 Å². The van der Waals surface area contributed by atoms with E-state index in [4.69, 9.17) is 4.74 Å². The summed E-state index contributed by atoms with van der Waals surface area (Å²) in [5.41, 5.74) is 3.14. The molecule has 0 unspecified atom stereocenters. The van der Waals surface area contributed by atoms with E-state index in [9.17, 15) is 8.42 Å². The quantitative estimate of drug-likeness (QED) is 0.785. The molecule has 24 heavy (non-hydrogen) atoms. The Balaban J connectivity index is 1.94. The lowest BCUT2D eigenvalue weighted by Gasteiger charge is -2.10. The van der Waals surface area contributed by atoms with Gasteiger partial charge in [-0.25, -0.2) is 8.42 Å². The van der Waals surface area contributed by atoms with Gasteiger partial charge < -0.3 is 4.74 Å². The van der Waals surface area contributed by atoms with E-state index in [1.807, 2.05) is 26.0 Å². The number of benzene rings is 2. The van der Waals surface area contributed by atoms with Crippen LogP contribution in [0.25, 0.3) is 10.9 Å². The molecule has 3 rings (SSSR count). The average molecular weight is 342 g/mol. The summed E-state index contributed by atoms with van der Waals surface area (Å²) in [6.07, 6.45) is 1.50. The SMILES string of the molecule is COc1ccc2cc(NS(=O)(=O)c3ccc(C)c(C)c3)cnc2c1. The van der Waals surface area contributed by atoms with Crippen LogP contribution >= 0.6 is 0 Å². The Bertz CT molecular complexity index is 1010. The molecule has 0 radical (unpaired) electrons. The molecule has 0 saturated carbocycles. The molecule has 1 aromatic heterocycles. The predicted molar refractivity (Wildman–Crippen MR) is 95.0 cm³/mol. The first-order chi connectivity index (χ1) is 11.4. The Kier molecular flexibility index (Phi) is 4.15. The number of nitrogens with zero attached hydrogens (tertiary/aromatic N) is 1. The minimum absolute atomic E-state index is 0.237. The van der Waals surface area contributed by atoms with Crippen LogP contribution in [-0.4, -0.2) is 20.5 Å². The molecule has 0 bridgehead atoms. The Labute approximate surface area is 141 Å². The third kappa shape index (κ3) is 3.19. The third-order valence-electron chi connectivity index (χ3n) is 3.93. The average Bonchev–Trinajstić information content (AvgIpc) is 2.56. The molecule has 3 aromatic rings. The van der Waals surface area contributed by atoms with Gasteiger partial charge >= 0.3 is 0 Å². The van der Waals surface area contributed by atoms with E-state index in [0.717, 1.165) is 22.0 Å². The van der Waals surface area contributed by atoms with E-state index in [1.165, 1.54) is 6.20 Å². The number of anilines is 1. The van der Waals surface area contributed by atoms with Crippen LogP contribution in [0.15, 0.2) is 53.6 Å². The first-order valence-electron chi connectivity index (χ1n) is 7.43. The molecule has 0 aliphatic rings. The topological polar surface area (TPSA) is 68.3 Å². The molecule has 0 aliphatic heterocycles. The third-order valence-corrected chi connectivity index (χ3v) is 5.31. The summed E-state index contributed by atoms with van der Waals surface area (Å²) in [7, 11) is -2.06. The van der Waals surface area contributed by atoms with Crippen LogP contribution in [0.3, 0.4) is 0 Å². The smallest absolute Gasteiger partial charge is 0.261 e. The number of aryl methyl sites for hydroxylation is 2. The largest absolute Gasteiger partial charge is 0.497 e. The number of fused-ring (bicyclic) bond motifs is 1. The van der Waals surface area contributed by atoms with Crippen molar-refractivity contribution < 1.29 is 13.2 Å². The number of methoxy groups -OCH3 is 1. The molecule has 0 atom stereocenters. The number of nitrogens with one attached hydrogen (secondary N) is 1. The summed E-state index contributed by atoms with van der Waals surface area (Å²) >= 11 is 0. The van der Waals surface area contributed by atoms with Crippen LogP contribution in [0.2, 0.25) is 0 Å². The fraction of sp³-hybridized carbons (Fsp3) is 0.167. The van der Waals surface area contributed by atoms with Crippen LogP contribution in [-0.2, 0) is 10.0 Å². The van der Waals surface area contributed by atoms with Crippen LogP contribution < -0.4 is 9.46 Å². The van der Waals surface area contributed by atoms with Crippen molar-refractivity contribution in [1.29, 1.82) is 0 Å². The van der Waals surface area contributed by atoms with Crippen molar-refractivity contribution in [2.24, 2.45) is 0 Å². The lowest BCUT2D eigenvalue weighted by molar-refractivity contribution is 0.415. The molecule has 0 saturated heterocycles. The molecular weight excluding hydrogens is 324 g/mol. The number of rotatable bonds is 4. The summed E-state index contributed by atoms with van der Waals surface area (Å²) in [6, 6.07) is 12.3. The van der Waals surface area contributed by atoms with Gasteiger partial charge in [0, 0.05) is 11.5 Å². The van der Waals surface area contributed by atoms with E-state index in [-0.39, 0.29) is 4.90 Å². The molecule has 0 spiro atoms. The second-order valence-corrected chi connectivity index (χ2v) is 7.32. The zero-order valence-corrected chi connectivity index (χ0v) is 14.5. The summed E-state index contributed by atoms with van der Waals surface area (Å²) < 4.78 is 32.8. The highest BCUT2D eigenvalue weighted by Crippen LogP contribution is 2.23. The van der Waals surface area contributed by atoms with Crippen LogP contribution in [0.4, 0.5) is 5.69 Å². The number of pyridine rings is 1. The zero-order chi connectivity index (χ0) is 17.3. The Hall–Kier alpha value is -2.60. The summed E-state index contributed by atoms with van der Waals surface area (Å²) in [5.74, 6) is 0.707. The second kappa shape index (κ2) is 6.13. The van der Waals surface area contributed by atoms with Crippen LogP contribution in [0.5, 0.6) is 5.75 Å². The van der Waals surface area contributed by atoms with Gasteiger partial charge in [0.05, 0.1) is 29.4 Å². The Morgan fingerprint density at radius 3 is 2.50 bits per heavy atom. The second-order valence-electron chi connectivity index (χ2n) is 5.63. The van der Waals surface area contributed by atoms with E-state index in [2.05, 4.69) is 9.71 Å². The fourth-order valence-corrected chi connectivity index (χ4v) is 3.50. The number of hydrogen-bond donors (Lipinski definition) is 1. The van der Waals surface area contributed by atoms with Gasteiger partial charge in [0.1, 0.15) is 5.75 Å². The maximum absolute atomic E-state index is 12.5. The van der Waals surface area contributed by atoms with Crippen molar-refractivity contribution in [3.05, 3.63) is 59.8 Å². The van der Waals surface area contributed by atoms with E-state index < -0.39 is 10.0 Å². The van der Waals surface area contributed by atoms with Gasteiger partial charge in [0.2, 0.25) is 0 Å². The number of sulfonamides is 1. The van der Waals surface area contributed by atoms with Gasteiger partial charge in [0.15, 0.2) is 0 Å². The molecular formula is C18H18N2O3S. The van der Waals surface area contributed by atoms with Gasteiger partial charge in [0.25, 0.3) is 10.0 Å². The van der Waals surface area contributed by atoms with Crippen molar-refractivity contribution in [3.8, 4) is 5.75 Å². The minimum atomic E-state index is -3.65. The molecule has 2 aromatic carbocycles. The van der Waals surface area contributed by atoms with Gasteiger partial charge in [-0.05, 0) is 55.3 Å². The van der Waals surface area contributed by atoms with Crippen molar-refractivity contribution in [2.45, 2.75) is 18.7 Å². The molecule has 124 valence electrons. The predicted octanol–water partition coefficient (Wildman–Crippen LogP) is 3.66. The van der Waals surface area contributed by atoms with Gasteiger partial charge in [-0.3, -0.25) is 9.71 Å². The maximum atomic E-state index is 12.5. The molecule has 1 heterocycles. The van der Waals surface area contributed by atoms with E-state index in [1.54, 1.807) is 37.4 Å². The minimum Gasteiger partial charge on any atom is -0.497 e. The molecule has 0 aliphatic carbocycles. The van der Waals surface area contributed by atoms with Gasteiger partial charge in [-0.15, -0.1) is 0 Å².